The molecule has 20 heavy (non-hydrogen) atoms. The standard InChI is InChI=1S/C14H23ClN4O/c1-6-16-12(20)9-19(7-2)11-8-10(15)17-13(18-11)14(3,4)5/h8H,6-7,9H2,1-5H3,(H,16,20). The van der Waals surface area contributed by atoms with E-state index in [4.69, 9.17) is 11.6 Å². The summed E-state index contributed by atoms with van der Waals surface area (Å²) < 4.78 is 0. The van der Waals surface area contributed by atoms with Gasteiger partial charge in [0.15, 0.2) is 0 Å². The van der Waals surface area contributed by atoms with Crippen LogP contribution < -0.4 is 10.2 Å². The maximum absolute atomic E-state index is 11.7. The van der Waals surface area contributed by atoms with Gasteiger partial charge in [-0.15, -0.1) is 0 Å². The van der Waals surface area contributed by atoms with Crippen LogP contribution in [0.15, 0.2) is 6.07 Å². The van der Waals surface area contributed by atoms with Crippen LogP contribution in [0.3, 0.4) is 0 Å². The third kappa shape index (κ3) is 4.63. The fourth-order valence-electron chi connectivity index (χ4n) is 1.68. The van der Waals surface area contributed by atoms with Crippen LogP contribution in [0.4, 0.5) is 5.82 Å². The fourth-order valence-corrected chi connectivity index (χ4v) is 1.86. The van der Waals surface area contributed by atoms with Crippen LogP contribution in [0.1, 0.15) is 40.4 Å². The van der Waals surface area contributed by atoms with Gasteiger partial charge in [-0.3, -0.25) is 4.79 Å². The maximum atomic E-state index is 11.7. The molecule has 0 saturated heterocycles. The van der Waals surface area contributed by atoms with Crippen molar-refractivity contribution < 1.29 is 4.79 Å². The number of rotatable bonds is 5. The summed E-state index contributed by atoms with van der Waals surface area (Å²) >= 11 is 6.08. The summed E-state index contributed by atoms with van der Waals surface area (Å²) in [6, 6.07) is 1.69. The molecule has 0 spiro atoms. The Morgan fingerprint density at radius 3 is 2.50 bits per heavy atom. The SMILES string of the molecule is CCNC(=O)CN(CC)c1cc(Cl)nc(C(C)(C)C)n1. The molecule has 1 aromatic rings. The number of anilines is 1. The zero-order valence-electron chi connectivity index (χ0n) is 12.8. The van der Waals surface area contributed by atoms with E-state index in [0.29, 0.717) is 29.9 Å². The van der Waals surface area contributed by atoms with Gasteiger partial charge in [-0.2, -0.15) is 0 Å². The molecule has 0 saturated carbocycles. The van der Waals surface area contributed by atoms with E-state index < -0.39 is 0 Å². The van der Waals surface area contributed by atoms with Crippen molar-refractivity contribution in [1.82, 2.24) is 15.3 Å². The summed E-state index contributed by atoms with van der Waals surface area (Å²) in [5.74, 6) is 1.33. The molecule has 0 atom stereocenters. The van der Waals surface area contributed by atoms with Crippen LogP contribution in [-0.2, 0) is 10.2 Å². The molecule has 0 aliphatic rings. The van der Waals surface area contributed by atoms with E-state index in [1.165, 1.54) is 0 Å². The molecule has 6 heteroatoms. The number of carbonyl (C=O) groups is 1. The van der Waals surface area contributed by atoms with Crippen LogP contribution in [0.5, 0.6) is 0 Å². The molecule has 0 unspecified atom stereocenters. The minimum Gasteiger partial charge on any atom is -0.355 e. The Hall–Kier alpha value is -1.36. The largest absolute Gasteiger partial charge is 0.355 e. The number of amides is 1. The Labute approximate surface area is 125 Å². The third-order valence-corrected chi connectivity index (χ3v) is 2.96. The van der Waals surface area contributed by atoms with E-state index in [9.17, 15) is 4.79 Å². The molecule has 0 fully saturated rings. The van der Waals surface area contributed by atoms with E-state index >= 15 is 0 Å². The van der Waals surface area contributed by atoms with Crippen molar-refractivity contribution in [1.29, 1.82) is 0 Å². The number of hydrogen-bond donors (Lipinski definition) is 1. The highest BCUT2D eigenvalue weighted by Gasteiger charge is 2.21. The predicted molar refractivity (Wildman–Crippen MR) is 82.3 cm³/mol. The van der Waals surface area contributed by atoms with Gasteiger partial charge in [-0.05, 0) is 13.8 Å². The summed E-state index contributed by atoms with van der Waals surface area (Å²) in [6.45, 7) is 11.5. The quantitative estimate of drug-likeness (QED) is 0.848. The lowest BCUT2D eigenvalue weighted by Crippen LogP contribution is -2.37. The zero-order chi connectivity index (χ0) is 15.3. The van der Waals surface area contributed by atoms with E-state index in [-0.39, 0.29) is 17.9 Å². The van der Waals surface area contributed by atoms with Crippen molar-refractivity contribution in [3.8, 4) is 0 Å². The Kier molecular flexibility index (Phi) is 5.74. The molecule has 1 heterocycles. The second kappa shape index (κ2) is 6.88. The lowest BCUT2D eigenvalue weighted by Gasteiger charge is -2.24. The summed E-state index contributed by atoms with van der Waals surface area (Å²) in [4.78, 5) is 22.4. The van der Waals surface area contributed by atoms with Gasteiger partial charge in [0.1, 0.15) is 16.8 Å². The molecular weight excluding hydrogens is 276 g/mol. The Morgan fingerprint density at radius 2 is 2.00 bits per heavy atom. The first-order chi connectivity index (χ1) is 9.27. The van der Waals surface area contributed by atoms with Crippen LogP contribution in [0.2, 0.25) is 5.15 Å². The summed E-state index contributed by atoms with van der Waals surface area (Å²) in [7, 11) is 0. The van der Waals surface area contributed by atoms with Crippen molar-refractivity contribution in [2.24, 2.45) is 0 Å². The van der Waals surface area contributed by atoms with Crippen molar-refractivity contribution in [3.05, 3.63) is 17.0 Å². The Balaban J connectivity index is 3.03. The number of hydrogen-bond acceptors (Lipinski definition) is 4. The van der Waals surface area contributed by atoms with Gasteiger partial charge in [0, 0.05) is 24.6 Å². The van der Waals surface area contributed by atoms with Gasteiger partial charge in [0.05, 0.1) is 6.54 Å². The third-order valence-electron chi connectivity index (χ3n) is 2.77. The fraction of sp³-hybridized carbons (Fsp3) is 0.643. The predicted octanol–water partition coefficient (Wildman–Crippen LogP) is 2.39. The molecule has 0 aliphatic heterocycles. The number of nitrogens with one attached hydrogen (secondary N) is 1. The van der Waals surface area contributed by atoms with Crippen molar-refractivity contribution in [3.63, 3.8) is 0 Å². The second-order valence-electron chi connectivity index (χ2n) is 5.59. The van der Waals surface area contributed by atoms with Gasteiger partial charge >= 0.3 is 0 Å². The molecule has 1 aromatic heterocycles. The number of likely N-dealkylation sites (N-methyl/N-ethyl adjacent to an activating group) is 2. The number of aromatic nitrogens is 2. The number of halogens is 1. The summed E-state index contributed by atoms with van der Waals surface area (Å²) in [5.41, 5.74) is -0.190. The average molecular weight is 299 g/mol. The maximum Gasteiger partial charge on any atom is 0.239 e. The molecule has 0 aromatic carbocycles. The lowest BCUT2D eigenvalue weighted by molar-refractivity contribution is -0.119. The summed E-state index contributed by atoms with van der Waals surface area (Å²) in [6.07, 6.45) is 0. The van der Waals surface area contributed by atoms with E-state index in [1.54, 1.807) is 6.07 Å². The second-order valence-corrected chi connectivity index (χ2v) is 5.98. The smallest absolute Gasteiger partial charge is 0.239 e. The van der Waals surface area contributed by atoms with Gasteiger partial charge in [-0.1, -0.05) is 32.4 Å². The van der Waals surface area contributed by atoms with E-state index in [2.05, 4.69) is 15.3 Å². The Bertz CT molecular complexity index is 471. The normalized spacial score (nSPS) is 11.3. The number of nitrogens with zero attached hydrogens (tertiary/aromatic N) is 3. The topological polar surface area (TPSA) is 58.1 Å². The molecule has 0 aliphatic carbocycles. The first-order valence-corrected chi connectivity index (χ1v) is 7.22. The summed E-state index contributed by atoms with van der Waals surface area (Å²) in [5, 5.41) is 3.18. The molecule has 1 N–H and O–H groups in total. The van der Waals surface area contributed by atoms with Crippen LogP contribution in [-0.4, -0.2) is 35.5 Å². The minimum absolute atomic E-state index is 0.0265. The molecular formula is C14H23ClN4O. The lowest BCUT2D eigenvalue weighted by atomic mass is 9.96. The molecule has 0 radical (unpaired) electrons. The van der Waals surface area contributed by atoms with Crippen molar-refractivity contribution >= 4 is 23.3 Å². The van der Waals surface area contributed by atoms with E-state index in [1.807, 2.05) is 39.5 Å². The van der Waals surface area contributed by atoms with Gasteiger partial charge in [0.2, 0.25) is 5.91 Å². The van der Waals surface area contributed by atoms with Gasteiger partial charge in [0.25, 0.3) is 0 Å². The van der Waals surface area contributed by atoms with E-state index in [0.717, 1.165) is 0 Å². The van der Waals surface area contributed by atoms with Crippen molar-refractivity contribution in [2.45, 2.75) is 40.0 Å². The minimum atomic E-state index is -0.190. The highest BCUT2D eigenvalue weighted by molar-refractivity contribution is 6.29. The molecule has 112 valence electrons. The van der Waals surface area contributed by atoms with Gasteiger partial charge in [-0.25, -0.2) is 9.97 Å². The zero-order valence-corrected chi connectivity index (χ0v) is 13.6. The molecule has 1 amide bonds. The highest BCUT2D eigenvalue weighted by atomic mass is 35.5. The van der Waals surface area contributed by atoms with Crippen LogP contribution in [0, 0.1) is 0 Å². The first kappa shape index (κ1) is 16.7. The first-order valence-electron chi connectivity index (χ1n) is 6.84. The monoisotopic (exact) mass is 298 g/mol. The van der Waals surface area contributed by atoms with Crippen LogP contribution >= 0.6 is 11.6 Å². The molecule has 0 bridgehead atoms. The van der Waals surface area contributed by atoms with Gasteiger partial charge < -0.3 is 10.2 Å². The molecule has 1 rings (SSSR count). The highest BCUT2D eigenvalue weighted by Crippen LogP contribution is 2.23. The Morgan fingerprint density at radius 1 is 1.35 bits per heavy atom. The number of carbonyl (C=O) groups excluding carboxylic acids is 1. The molecule has 5 nitrogen and oxygen atoms in total. The average Bonchev–Trinajstić information content (AvgIpc) is 2.34. The van der Waals surface area contributed by atoms with Crippen LogP contribution in [0.25, 0.3) is 0 Å². The van der Waals surface area contributed by atoms with Crippen molar-refractivity contribution in [2.75, 3.05) is 24.5 Å².